The van der Waals surface area contributed by atoms with E-state index in [9.17, 15) is 9.59 Å². The Bertz CT molecular complexity index is 425. The van der Waals surface area contributed by atoms with Crippen molar-refractivity contribution in [3.63, 3.8) is 0 Å². The van der Waals surface area contributed by atoms with Crippen LogP contribution in [0.3, 0.4) is 0 Å². The van der Waals surface area contributed by atoms with Crippen LogP contribution in [0.15, 0.2) is 5.51 Å². The summed E-state index contributed by atoms with van der Waals surface area (Å²) in [5.74, 6) is -1.17. The van der Waals surface area contributed by atoms with E-state index < -0.39 is 5.97 Å². The second kappa shape index (κ2) is 4.21. The molecule has 0 aliphatic heterocycles. The van der Waals surface area contributed by atoms with Crippen LogP contribution in [0.25, 0.3) is 0 Å². The van der Waals surface area contributed by atoms with Gasteiger partial charge in [0.1, 0.15) is 11.4 Å². The van der Waals surface area contributed by atoms with E-state index in [4.69, 9.17) is 5.11 Å². The quantitative estimate of drug-likeness (QED) is 0.856. The van der Waals surface area contributed by atoms with Gasteiger partial charge in [-0.25, -0.2) is 4.98 Å². The molecule has 2 rings (SSSR count). The standard InChI is InChI=1S/C10H12N2O3S/c1-6-9(16-5-11-6)10(15)12(4-8(13)14)7-2-3-7/h5,7H,2-4H2,1H3,(H,13,14). The van der Waals surface area contributed by atoms with Gasteiger partial charge in [0, 0.05) is 6.04 Å². The van der Waals surface area contributed by atoms with Crippen molar-refractivity contribution in [1.29, 1.82) is 0 Å². The SMILES string of the molecule is Cc1ncsc1C(=O)N(CC(=O)O)C1CC1. The molecule has 86 valence electrons. The molecule has 0 radical (unpaired) electrons. The zero-order valence-corrected chi connectivity index (χ0v) is 9.66. The topological polar surface area (TPSA) is 70.5 Å². The van der Waals surface area contributed by atoms with Crippen LogP contribution < -0.4 is 0 Å². The van der Waals surface area contributed by atoms with Crippen molar-refractivity contribution in [3.8, 4) is 0 Å². The number of aliphatic carboxylic acids is 1. The number of rotatable bonds is 4. The highest BCUT2D eigenvalue weighted by atomic mass is 32.1. The molecule has 0 atom stereocenters. The normalized spacial score (nSPS) is 14.8. The van der Waals surface area contributed by atoms with Crippen molar-refractivity contribution >= 4 is 23.2 Å². The second-order valence-corrected chi connectivity index (χ2v) is 4.68. The summed E-state index contributed by atoms with van der Waals surface area (Å²) in [5.41, 5.74) is 2.28. The highest BCUT2D eigenvalue weighted by Crippen LogP contribution is 2.29. The minimum absolute atomic E-state index is 0.102. The number of thiazole rings is 1. The van der Waals surface area contributed by atoms with Crippen LogP contribution in [0.4, 0.5) is 0 Å². The molecule has 1 aliphatic rings. The molecular formula is C10H12N2O3S. The monoisotopic (exact) mass is 240 g/mol. The predicted octanol–water partition coefficient (Wildman–Crippen LogP) is 1.14. The van der Waals surface area contributed by atoms with Gasteiger partial charge in [-0.1, -0.05) is 0 Å². The lowest BCUT2D eigenvalue weighted by molar-refractivity contribution is -0.137. The predicted molar refractivity (Wildman–Crippen MR) is 58.5 cm³/mol. The lowest BCUT2D eigenvalue weighted by atomic mass is 10.3. The van der Waals surface area contributed by atoms with Gasteiger partial charge in [0.05, 0.1) is 11.2 Å². The number of carbonyl (C=O) groups is 2. The molecule has 0 bridgehead atoms. The number of hydrogen-bond donors (Lipinski definition) is 1. The Kier molecular flexibility index (Phi) is 2.91. The van der Waals surface area contributed by atoms with Gasteiger partial charge < -0.3 is 10.0 Å². The number of amides is 1. The Labute approximate surface area is 96.7 Å². The number of carboxylic acid groups (broad SMARTS) is 1. The lowest BCUT2D eigenvalue weighted by Gasteiger charge is -2.19. The van der Waals surface area contributed by atoms with Crippen LogP contribution in [0, 0.1) is 6.92 Å². The first-order chi connectivity index (χ1) is 7.59. The molecule has 16 heavy (non-hydrogen) atoms. The number of aromatic nitrogens is 1. The summed E-state index contributed by atoms with van der Waals surface area (Å²) in [4.78, 5) is 28.8. The lowest BCUT2D eigenvalue weighted by Crippen LogP contribution is -2.37. The van der Waals surface area contributed by atoms with Crippen molar-refractivity contribution in [3.05, 3.63) is 16.1 Å². The molecule has 1 aliphatic carbocycles. The van der Waals surface area contributed by atoms with E-state index in [2.05, 4.69) is 4.98 Å². The van der Waals surface area contributed by atoms with Crippen LogP contribution in [-0.4, -0.2) is 39.5 Å². The minimum Gasteiger partial charge on any atom is -0.480 e. The van der Waals surface area contributed by atoms with Crippen molar-refractivity contribution in [2.45, 2.75) is 25.8 Å². The number of carbonyl (C=O) groups excluding carboxylic acids is 1. The maximum atomic E-state index is 12.1. The van der Waals surface area contributed by atoms with Gasteiger partial charge in [0.15, 0.2) is 0 Å². The average molecular weight is 240 g/mol. The summed E-state index contributed by atoms with van der Waals surface area (Å²) in [7, 11) is 0. The van der Waals surface area contributed by atoms with Crippen LogP contribution in [0.2, 0.25) is 0 Å². The molecule has 0 saturated heterocycles. The van der Waals surface area contributed by atoms with E-state index in [1.807, 2.05) is 0 Å². The first-order valence-corrected chi connectivity index (χ1v) is 5.90. The number of nitrogens with zero attached hydrogens (tertiary/aromatic N) is 2. The molecule has 1 fully saturated rings. The Balaban J connectivity index is 2.17. The maximum absolute atomic E-state index is 12.1. The second-order valence-electron chi connectivity index (χ2n) is 3.82. The molecule has 1 amide bonds. The molecule has 1 N–H and O–H groups in total. The molecule has 1 aromatic rings. The van der Waals surface area contributed by atoms with Gasteiger partial charge in [-0.3, -0.25) is 9.59 Å². The summed E-state index contributed by atoms with van der Waals surface area (Å²) >= 11 is 1.26. The van der Waals surface area contributed by atoms with Gasteiger partial charge in [-0.15, -0.1) is 11.3 Å². The first kappa shape index (κ1) is 11.1. The molecule has 1 aromatic heterocycles. The minimum atomic E-state index is -0.970. The zero-order valence-electron chi connectivity index (χ0n) is 8.84. The summed E-state index contributed by atoms with van der Waals surface area (Å²) in [6.07, 6.45) is 1.80. The van der Waals surface area contributed by atoms with Crippen LogP contribution in [-0.2, 0) is 4.79 Å². The third-order valence-corrected chi connectivity index (χ3v) is 3.41. The maximum Gasteiger partial charge on any atom is 0.323 e. The number of carboxylic acids is 1. The summed E-state index contributed by atoms with van der Waals surface area (Å²) in [6, 6.07) is 0.102. The smallest absolute Gasteiger partial charge is 0.323 e. The average Bonchev–Trinajstić information content (AvgIpc) is 2.97. The van der Waals surface area contributed by atoms with Crippen molar-refractivity contribution < 1.29 is 14.7 Å². The molecule has 0 spiro atoms. The molecule has 0 aromatic carbocycles. The fraction of sp³-hybridized carbons (Fsp3) is 0.500. The molecule has 1 saturated carbocycles. The van der Waals surface area contributed by atoms with E-state index in [-0.39, 0.29) is 18.5 Å². The van der Waals surface area contributed by atoms with Crippen molar-refractivity contribution in [2.24, 2.45) is 0 Å². The molecule has 1 heterocycles. The summed E-state index contributed by atoms with van der Waals surface area (Å²) in [5, 5.41) is 8.77. The van der Waals surface area contributed by atoms with Crippen LogP contribution in [0.5, 0.6) is 0 Å². The molecule has 0 unspecified atom stereocenters. The first-order valence-electron chi connectivity index (χ1n) is 5.02. The summed E-state index contributed by atoms with van der Waals surface area (Å²) < 4.78 is 0. The summed E-state index contributed by atoms with van der Waals surface area (Å²) in [6.45, 7) is 1.54. The van der Waals surface area contributed by atoms with Gasteiger partial charge in [0.25, 0.3) is 5.91 Å². The highest BCUT2D eigenvalue weighted by Gasteiger charge is 2.35. The highest BCUT2D eigenvalue weighted by molar-refractivity contribution is 7.11. The number of hydrogen-bond acceptors (Lipinski definition) is 4. The Morgan fingerprint density at radius 3 is 2.75 bits per heavy atom. The fourth-order valence-corrected chi connectivity index (χ4v) is 2.29. The Morgan fingerprint density at radius 2 is 2.31 bits per heavy atom. The van der Waals surface area contributed by atoms with Gasteiger partial charge in [-0.2, -0.15) is 0 Å². The number of aryl methyl sites for hydroxylation is 1. The third kappa shape index (κ3) is 2.21. The van der Waals surface area contributed by atoms with E-state index in [0.717, 1.165) is 12.8 Å². The van der Waals surface area contributed by atoms with Crippen LogP contribution in [0.1, 0.15) is 28.2 Å². The van der Waals surface area contributed by atoms with E-state index in [1.54, 1.807) is 12.4 Å². The largest absolute Gasteiger partial charge is 0.480 e. The van der Waals surface area contributed by atoms with E-state index in [0.29, 0.717) is 10.6 Å². The zero-order chi connectivity index (χ0) is 11.7. The molecule has 5 nitrogen and oxygen atoms in total. The molecule has 6 heteroatoms. The van der Waals surface area contributed by atoms with Crippen LogP contribution >= 0.6 is 11.3 Å². The third-order valence-electron chi connectivity index (χ3n) is 2.49. The van der Waals surface area contributed by atoms with Gasteiger partial charge >= 0.3 is 5.97 Å². The Hall–Kier alpha value is -1.43. The van der Waals surface area contributed by atoms with Crippen molar-refractivity contribution in [1.82, 2.24) is 9.88 Å². The van der Waals surface area contributed by atoms with E-state index in [1.165, 1.54) is 16.2 Å². The van der Waals surface area contributed by atoms with Gasteiger partial charge in [0.2, 0.25) is 0 Å². The Morgan fingerprint density at radius 1 is 1.62 bits per heavy atom. The fourth-order valence-electron chi connectivity index (χ4n) is 1.54. The molecular weight excluding hydrogens is 228 g/mol. The van der Waals surface area contributed by atoms with Gasteiger partial charge in [-0.05, 0) is 19.8 Å². The van der Waals surface area contributed by atoms with Crippen molar-refractivity contribution in [2.75, 3.05) is 6.54 Å². The van der Waals surface area contributed by atoms with E-state index >= 15 is 0 Å².